The number of rotatable bonds is 1. The molecule has 1 heterocycles. The monoisotopic (exact) mass is 158 g/mol. The zero-order valence-corrected chi connectivity index (χ0v) is 6.32. The molecule has 1 aliphatic rings. The summed E-state index contributed by atoms with van der Waals surface area (Å²) in [5.41, 5.74) is 1.41. The van der Waals surface area contributed by atoms with Crippen LogP contribution in [0.5, 0.6) is 0 Å². The third kappa shape index (κ3) is 1.04. The number of amides is 1. The van der Waals surface area contributed by atoms with Crippen molar-refractivity contribution >= 4 is 11.6 Å². The largest absolute Gasteiger partial charge is 0.301 e. The van der Waals surface area contributed by atoms with Crippen LogP contribution in [0.3, 0.4) is 0 Å². The lowest BCUT2D eigenvalue weighted by Crippen LogP contribution is -1.92. The van der Waals surface area contributed by atoms with E-state index in [4.69, 9.17) is 5.26 Å². The first-order chi connectivity index (χ1) is 5.81. The summed E-state index contributed by atoms with van der Waals surface area (Å²) in [7, 11) is 0. The summed E-state index contributed by atoms with van der Waals surface area (Å²) < 4.78 is 0. The maximum atomic E-state index is 10.7. The second kappa shape index (κ2) is 2.35. The molecule has 0 aliphatic carbocycles. The van der Waals surface area contributed by atoms with Gasteiger partial charge in [0, 0.05) is 5.69 Å². The predicted molar refractivity (Wildman–Crippen MR) is 43.5 cm³/mol. The lowest BCUT2D eigenvalue weighted by Gasteiger charge is -1.98. The fraction of sp³-hybridized carbons (Fsp3) is 0.111. The summed E-state index contributed by atoms with van der Waals surface area (Å²) in [4.78, 5) is 12.4. The summed E-state index contributed by atoms with van der Waals surface area (Å²) in [5, 5.41) is 8.58. The smallest absolute Gasteiger partial charge is 0.247 e. The minimum absolute atomic E-state index is 0.116. The Labute approximate surface area is 69.8 Å². The molecule has 1 aromatic rings. The highest BCUT2D eigenvalue weighted by Gasteiger charge is 2.31. The van der Waals surface area contributed by atoms with Gasteiger partial charge in [-0.15, -0.1) is 0 Å². The van der Waals surface area contributed by atoms with Crippen molar-refractivity contribution in [1.29, 1.82) is 5.26 Å². The van der Waals surface area contributed by atoms with Gasteiger partial charge in [0.25, 0.3) is 0 Å². The molecule has 3 nitrogen and oxygen atoms in total. The Balaban J connectivity index is 2.34. The molecule has 1 fully saturated rings. The Kier molecular flexibility index (Phi) is 1.34. The lowest BCUT2D eigenvalue weighted by atomic mass is 10.2. The molecule has 0 saturated carbocycles. The van der Waals surface area contributed by atoms with E-state index < -0.39 is 0 Å². The lowest BCUT2D eigenvalue weighted by molar-refractivity contribution is -0.109. The molecule has 12 heavy (non-hydrogen) atoms. The average molecular weight is 158 g/mol. The van der Waals surface area contributed by atoms with Crippen LogP contribution in [0.4, 0.5) is 5.69 Å². The zero-order chi connectivity index (χ0) is 8.55. The Morgan fingerprint density at radius 1 is 1.50 bits per heavy atom. The highest BCUT2D eigenvalue weighted by atomic mass is 16.2. The van der Waals surface area contributed by atoms with Gasteiger partial charge in [-0.25, -0.2) is 0 Å². The van der Waals surface area contributed by atoms with Crippen LogP contribution in [0.15, 0.2) is 24.3 Å². The van der Waals surface area contributed by atoms with E-state index in [2.05, 4.69) is 0 Å². The van der Waals surface area contributed by atoms with Crippen molar-refractivity contribution in [2.75, 3.05) is 11.4 Å². The van der Waals surface area contributed by atoms with Gasteiger partial charge in [-0.2, -0.15) is 5.26 Å². The number of carbonyl (C=O) groups excluding carboxylic acids is 1. The highest BCUT2D eigenvalue weighted by molar-refractivity contribution is 6.11. The summed E-state index contributed by atoms with van der Waals surface area (Å²) in [6, 6.07) is 9.06. The van der Waals surface area contributed by atoms with Crippen molar-refractivity contribution in [2.45, 2.75) is 0 Å². The minimum atomic E-state index is 0.116. The summed E-state index contributed by atoms with van der Waals surface area (Å²) in [6.45, 7) is 0.481. The van der Waals surface area contributed by atoms with Gasteiger partial charge in [-0.3, -0.25) is 4.79 Å². The molecule has 1 aliphatic heterocycles. The second-order valence-electron chi connectivity index (χ2n) is 2.64. The van der Waals surface area contributed by atoms with E-state index in [-0.39, 0.29) is 5.91 Å². The molecule has 1 amide bonds. The fourth-order valence-corrected chi connectivity index (χ4v) is 1.08. The molecule has 0 unspecified atom stereocenters. The Morgan fingerprint density at radius 3 is 2.83 bits per heavy atom. The van der Waals surface area contributed by atoms with E-state index in [0.29, 0.717) is 12.1 Å². The van der Waals surface area contributed by atoms with Crippen LogP contribution >= 0.6 is 0 Å². The fourth-order valence-electron chi connectivity index (χ4n) is 1.08. The van der Waals surface area contributed by atoms with Crippen LogP contribution in [0.25, 0.3) is 0 Å². The van der Waals surface area contributed by atoms with Crippen LogP contribution in [-0.2, 0) is 4.79 Å². The minimum Gasteiger partial charge on any atom is -0.301 e. The molecular weight excluding hydrogens is 152 g/mol. The zero-order valence-electron chi connectivity index (χ0n) is 6.32. The Hall–Kier alpha value is -1.82. The number of anilines is 1. The molecule has 58 valence electrons. The third-order valence-corrected chi connectivity index (χ3v) is 1.78. The highest BCUT2D eigenvalue weighted by Crippen LogP contribution is 2.22. The number of nitriles is 1. The van der Waals surface area contributed by atoms with Gasteiger partial charge in [0.1, 0.15) is 6.54 Å². The first-order valence-corrected chi connectivity index (χ1v) is 3.62. The average Bonchev–Trinajstić information content (AvgIpc) is 2.83. The van der Waals surface area contributed by atoms with Gasteiger partial charge >= 0.3 is 0 Å². The van der Waals surface area contributed by atoms with Gasteiger partial charge in [0.05, 0.1) is 11.6 Å². The molecule has 1 saturated heterocycles. The summed E-state index contributed by atoms with van der Waals surface area (Å²) >= 11 is 0. The Morgan fingerprint density at radius 2 is 2.25 bits per heavy atom. The molecule has 1 aromatic carbocycles. The number of hydrogen-bond acceptors (Lipinski definition) is 2. The van der Waals surface area contributed by atoms with Crippen molar-refractivity contribution in [3.05, 3.63) is 29.8 Å². The van der Waals surface area contributed by atoms with Crippen molar-refractivity contribution < 1.29 is 4.79 Å². The molecule has 0 aromatic heterocycles. The summed E-state index contributed by atoms with van der Waals surface area (Å²) in [5.74, 6) is 0.116. The van der Waals surface area contributed by atoms with Crippen LogP contribution in [-0.4, -0.2) is 12.5 Å². The molecule has 3 heteroatoms. The van der Waals surface area contributed by atoms with Gasteiger partial charge < -0.3 is 4.90 Å². The van der Waals surface area contributed by atoms with Crippen LogP contribution in [0.2, 0.25) is 0 Å². The van der Waals surface area contributed by atoms with Gasteiger partial charge in [-0.1, -0.05) is 6.07 Å². The van der Waals surface area contributed by atoms with E-state index in [9.17, 15) is 4.79 Å². The normalized spacial score (nSPS) is 14.2. The van der Waals surface area contributed by atoms with Gasteiger partial charge in [0.15, 0.2) is 0 Å². The van der Waals surface area contributed by atoms with Crippen molar-refractivity contribution in [2.24, 2.45) is 0 Å². The quantitative estimate of drug-likeness (QED) is 0.570. The molecule has 0 N–H and O–H groups in total. The van der Waals surface area contributed by atoms with Crippen LogP contribution < -0.4 is 4.90 Å². The number of benzene rings is 1. The topological polar surface area (TPSA) is 43.9 Å². The first kappa shape index (κ1) is 6.86. The third-order valence-electron chi connectivity index (χ3n) is 1.78. The van der Waals surface area contributed by atoms with Crippen molar-refractivity contribution in [3.63, 3.8) is 0 Å². The van der Waals surface area contributed by atoms with E-state index in [1.807, 2.05) is 12.1 Å². The van der Waals surface area contributed by atoms with E-state index >= 15 is 0 Å². The van der Waals surface area contributed by atoms with Crippen LogP contribution in [0, 0.1) is 11.3 Å². The molecule has 0 radical (unpaired) electrons. The molecule has 0 spiro atoms. The van der Waals surface area contributed by atoms with Crippen molar-refractivity contribution in [3.8, 4) is 6.07 Å². The number of carbonyl (C=O) groups is 1. The SMILES string of the molecule is N#Cc1cccc(N2CC2=O)c1. The number of nitrogens with zero attached hydrogens (tertiary/aromatic N) is 2. The first-order valence-electron chi connectivity index (χ1n) is 3.62. The van der Waals surface area contributed by atoms with Crippen molar-refractivity contribution in [1.82, 2.24) is 0 Å². The standard InChI is InChI=1S/C9H6N2O/c10-5-7-2-1-3-8(4-7)11-6-9(11)12/h1-4H,6H2. The van der Waals surface area contributed by atoms with Crippen LogP contribution in [0.1, 0.15) is 5.56 Å². The Bertz CT molecular complexity index is 378. The molecule has 0 bridgehead atoms. The number of hydrogen-bond donors (Lipinski definition) is 0. The maximum absolute atomic E-state index is 10.7. The second-order valence-corrected chi connectivity index (χ2v) is 2.64. The summed E-state index contributed by atoms with van der Waals surface area (Å²) in [6.07, 6.45) is 0. The van der Waals surface area contributed by atoms with Gasteiger partial charge in [-0.05, 0) is 18.2 Å². The molecular formula is C9H6N2O. The molecule has 0 atom stereocenters. The predicted octanol–water partition coefficient (Wildman–Crippen LogP) is 0.905. The molecule has 2 rings (SSSR count). The van der Waals surface area contributed by atoms with E-state index in [0.717, 1.165) is 5.69 Å². The van der Waals surface area contributed by atoms with Gasteiger partial charge in [0.2, 0.25) is 5.91 Å². The van der Waals surface area contributed by atoms with E-state index in [1.54, 1.807) is 23.1 Å². The van der Waals surface area contributed by atoms with E-state index in [1.165, 1.54) is 0 Å². The maximum Gasteiger partial charge on any atom is 0.247 e.